The van der Waals surface area contributed by atoms with Crippen LogP contribution in [0.25, 0.3) is 0 Å². The molecule has 4 heteroatoms. The SMILES string of the molecule is CC(NC(CO)C(C)C)c1sccc1Br. The average molecular weight is 292 g/mol. The Kier molecular flexibility index (Phi) is 5.26. The fraction of sp³-hybridized carbons (Fsp3) is 0.636. The molecule has 2 atom stereocenters. The first-order chi connectivity index (χ1) is 7.06. The Balaban J connectivity index is 2.62. The lowest BCUT2D eigenvalue weighted by molar-refractivity contribution is 0.202. The highest BCUT2D eigenvalue weighted by Crippen LogP contribution is 2.29. The molecule has 0 aliphatic heterocycles. The van der Waals surface area contributed by atoms with E-state index in [0.717, 1.165) is 4.47 Å². The third-order valence-corrected chi connectivity index (χ3v) is 4.56. The summed E-state index contributed by atoms with van der Waals surface area (Å²) in [6.07, 6.45) is 0. The average Bonchev–Trinajstić information content (AvgIpc) is 2.60. The van der Waals surface area contributed by atoms with Crippen LogP contribution < -0.4 is 5.32 Å². The summed E-state index contributed by atoms with van der Waals surface area (Å²) in [5, 5.41) is 14.8. The van der Waals surface area contributed by atoms with Gasteiger partial charge in [-0.25, -0.2) is 0 Å². The molecule has 0 aromatic carbocycles. The highest BCUT2D eigenvalue weighted by Gasteiger charge is 2.17. The van der Waals surface area contributed by atoms with Crippen molar-refractivity contribution in [2.24, 2.45) is 5.92 Å². The molecule has 0 aliphatic rings. The number of halogens is 1. The molecule has 1 heterocycles. The van der Waals surface area contributed by atoms with E-state index in [0.29, 0.717) is 5.92 Å². The minimum absolute atomic E-state index is 0.161. The summed E-state index contributed by atoms with van der Waals surface area (Å²) >= 11 is 5.25. The van der Waals surface area contributed by atoms with Crippen molar-refractivity contribution in [1.29, 1.82) is 0 Å². The van der Waals surface area contributed by atoms with Crippen LogP contribution in [0.4, 0.5) is 0 Å². The highest BCUT2D eigenvalue weighted by molar-refractivity contribution is 9.10. The van der Waals surface area contributed by atoms with Crippen LogP contribution in [0, 0.1) is 5.92 Å². The lowest BCUT2D eigenvalue weighted by Crippen LogP contribution is -2.38. The van der Waals surface area contributed by atoms with Gasteiger partial charge in [-0.15, -0.1) is 11.3 Å². The van der Waals surface area contributed by atoms with Gasteiger partial charge < -0.3 is 10.4 Å². The molecule has 0 radical (unpaired) electrons. The highest BCUT2D eigenvalue weighted by atomic mass is 79.9. The van der Waals surface area contributed by atoms with Crippen molar-refractivity contribution in [3.63, 3.8) is 0 Å². The minimum atomic E-state index is 0.161. The van der Waals surface area contributed by atoms with Crippen molar-refractivity contribution in [2.45, 2.75) is 32.9 Å². The molecule has 1 aromatic rings. The zero-order valence-corrected chi connectivity index (χ0v) is 11.7. The van der Waals surface area contributed by atoms with E-state index in [1.54, 1.807) is 11.3 Å². The number of aliphatic hydroxyl groups is 1. The van der Waals surface area contributed by atoms with Gasteiger partial charge in [-0.3, -0.25) is 0 Å². The van der Waals surface area contributed by atoms with Gasteiger partial charge in [0.05, 0.1) is 6.61 Å². The van der Waals surface area contributed by atoms with Gasteiger partial charge in [-0.2, -0.15) is 0 Å². The lowest BCUT2D eigenvalue weighted by Gasteiger charge is -2.24. The van der Waals surface area contributed by atoms with Crippen molar-refractivity contribution < 1.29 is 5.11 Å². The number of aliphatic hydroxyl groups excluding tert-OH is 1. The molecule has 15 heavy (non-hydrogen) atoms. The molecular weight excluding hydrogens is 274 g/mol. The number of nitrogens with one attached hydrogen (secondary N) is 1. The molecule has 1 rings (SSSR count). The van der Waals surface area contributed by atoms with Gasteiger partial charge in [0.2, 0.25) is 0 Å². The topological polar surface area (TPSA) is 32.3 Å². The van der Waals surface area contributed by atoms with Gasteiger partial charge >= 0.3 is 0 Å². The molecule has 1 aromatic heterocycles. The standard InChI is InChI=1S/C11H18BrNOS/c1-7(2)10(6-14)13-8(3)11-9(12)4-5-15-11/h4-5,7-8,10,13-14H,6H2,1-3H3. The monoisotopic (exact) mass is 291 g/mol. The third kappa shape index (κ3) is 3.55. The molecule has 0 bridgehead atoms. The summed E-state index contributed by atoms with van der Waals surface area (Å²) in [5.74, 6) is 0.441. The Morgan fingerprint density at radius 3 is 2.53 bits per heavy atom. The van der Waals surface area contributed by atoms with Crippen LogP contribution in [-0.2, 0) is 0 Å². The second-order valence-electron chi connectivity index (χ2n) is 4.05. The van der Waals surface area contributed by atoms with Crippen LogP contribution >= 0.6 is 27.3 Å². The van der Waals surface area contributed by atoms with E-state index in [-0.39, 0.29) is 18.7 Å². The van der Waals surface area contributed by atoms with Crippen LogP contribution in [0.15, 0.2) is 15.9 Å². The predicted octanol–water partition coefficient (Wildman–Crippen LogP) is 3.18. The predicted molar refractivity (Wildman–Crippen MR) is 69.3 cm³/mol. The van der Waals surface area contributed by atoms with Crippen LogP contribution in [0.3, 0.4) is 0 Å². The van der Waals surface area contributed by atoms with E-state index >= 15 is 0 Å². The van der Waals surface area contributed by atoms with Crippen molar-refractivity contribution in [3.05, 3.63) is 20.8 Å². The maximum absolute atomic E-state index is 9.24. The van der Waals surface area contributed by atoms with Gasteiger partial charge in [0.1, 0.15) is 0 Å². The van der Waals surface area contributed by atoms with Gasteiger partial charge in [-0.1, -0.05) is 13.8 Å². The van der Waals surface area contributed by atoms with E-state index in [1.807, 2.05) is 0 Å². The minimum Gasteiger partial charge on any atom is -0.395 e. The normalized spacial score (nSPS) is 15.6. The van der Waals surface area contributed by atoms with E-state index < -0.39 is 0 Å². The summed E-state index contributed by atoms with van der Waals surface area (Å²) in [7, 11) is 0. The first kappa shape index (κ1) is 13.2. The third-order valence-electron chi connectivity index (χ3n) is 2.50. The van der Waals surface area contributed by atoms with Crippen LogP contribution in [-0.4, -0.2) is 17.8 Å². The van der Waals surface area contributed by atoms with Crippen molar-refractivity contribution >= 4 is 27.3 Å². The number of rotatable bonds is 5. The molecule has 0 aliphatic carbocycles. The van der Waals surface area contributed by atoms with E-state index in [9.17, 15) is 5.11 Å². The van der Waals surface area contributed by atoms with Gasteiger partial charge in [0, 0.05) is 21.4 Å². The molecule has 0 fully saturated rings. The Morgan fingerprint density at radius 1 is 1.47 bits per heavy atom. The molecular formula is C11H18BrNOS. The van der Waals surface area contributed by atoms with E-state index in [4.69, 9.17) is 0 Å². The Hall–Kier alpha value is 0.100. The van der Waals surface area contributed by atoms with Gasteiger partial charge in [-0.05, 0) is 40.2 Å². The molecule has 2 nitrogen and oxygen atoms in total. The lowest BCUT2D eigenvalue weighted by atomic mass is 10.0. The molecule has 0 saturated carbocycles. The number of hydrogen-bond acceptors (Lipinski definition) is 3. The summed E-state index contributed by atoms with van der Waals surface area (Å²) < 4.78 is 1.15. The van der Waals surface area contributed by atoms with Crippen LogP contribution in [0.1, 0.15) is 31.7 Å². The zero-order chi connectivity index (χ0) is 11.4. The van der Waals surface area contributed by atoms with E-state index in [1.165, 1.54) is 4.88 Å². The molecule has 0 amide bonds. The van der Waals surface area contributed by atoms with Crippen LogP contribution in [0.2, 0.25) is 0 Å². The molecule has 2 N–H and O–H groups in total. The maximum atomic E-state index is 9.24. The van der Waals surface area contributed by atoms with Gasteiger partial charge in [0.25, 0.3) is 0 Å². The first-order valence-electron chi connectivity index (χ1n) is 5.16. The smallest absolute Gasteiger partial charge is 0.0587 e. The molecule has 0 saturated heterocycles. The maximum Gasteiger partial charge on any atom is 0.0587 e. The molecule has 86 valence electrons. The largest absolute Gasteiger partial charge is 0.395 e. The van der Waals surface area contributed by atoms with Crippen LogP contribution in [0.5, 0.6) is 0 Å². The van der Waals surface area contributed by atoms with Crippen molar-refractivity contribution in [3.8, 4) is 0 Å². The van der Waals surface area contributed by atoms with Gasteiger partial charge in [0.15, 0.2) is 0 Å². The Morgan fingerprint density at radius 2 is 2.13 bits per heavy atom. The Labute approximate surface area is 104 Å². The molecule has 0 spiro atoms. The molecule has 2 unspecified atom stereocenters. The second-order valence-corrected chi connectivity index (χ2v) is 5.86. The summed E-state index contributed by atoms with van der Waals surface area (Å²) in [6, 6.07) is 2.49. The van der Waals surface area contributed by atoms with Crippen molar-refractivity contribution in [1.82, 2.24) is 5.32 Å². The first-order valence-corrected chi connectivity index (χ1v) is 6.83. The summed E-state index contributed by atoms with van der Waals surface area (Å²) in [4.78, 5) is 1.29. The fourth-order valence-electron chi connectivity index (χ4n) is 1.47. The Bertz CT molecular complexity index is 301. The number of hydrogen-bond donors (Lipinski definition) is 2. The summed E-state index contributed by atoms with van der Waals surface area (Å²) in [6.45, 7) is 6.54. The zero-order valence-electron chi connectivity index (χ0n) is 9.33. The van der Waals surface area contributed by atoms with Crippen molar-refractivity contribution in [2.75, 3.05) is 6.61 Å². The summed E-state index contributed by atoms with van der Waals surface area (Å²) in [5.41, 5.74) is 0. The number of thiophene rings is 1. The quantitative estimate of drug-likeness (QED) is 0.873. The fourth-order valence-corrected chi connectivity index (χ4v) is 3.20. The van der Waals surface area contributed by atoms with E-state index in [2.05, 4.69) is 53.5 Å². The second kappa shape index (κ2) is 5.99.